The lowest BCUT2D eigenvalue weighted by Gasteiger charge is -2.04. The van der Waals surface area contributed by atoms with Gasteiger partial charge in [-0.1, -0.05) is 24.3 Å². The zero-order valence-corrected chi connectivity index (χ0v) is 12.0. The van der Waals surface area contributed by atoms with Crippen LogP contribution in [0.1, 0.15) is 5.69 Å². The van der Waals surface area contributed by atoms with Crippen LogP contribution in [0.15, 0.2) is 47.4 Å². The molecular formula is C15H14N2O2S. The van der Waals surface area contributed by atoms with E-state index >= 15 is 0 Å². The number of nitrogens with zero attached hydrogens (tertiary/aromatic N) is 1. The summed E-state index contributed by atoms with van der Waals surface area (Å²) in [6.07, 6.45) is 1.21. The number of aromatic nitrogens is 2. The lowest BCUT2D eigenvalue weighted by molar-refractivity contribution is 0.602. The van der Waals surface area contributed by atoms with Crippen molar-refractivity contribution >= 4 is 20.7 Å². The molecular weight excluding hydrogens is 272 g/mol. The van der Waals surface area contributed by atoms with Crippen molar-refractivity contribution in [2.24, 2.45) is 0 Å². The number of fused-ring (bicyclic) bond motifs is 1. The first kappa shape index (κ1) is 12.9. The molecule has 2 aromatic carbocycles. The third-order valence-electron chi connectivity index (χ3n) is 3.34. The van der Waals surface area contributed by atoms with Gasteiger partial charge in [0, 0.05) is 17.3 Å². The minimum Gasteiger partial charge on any atom is -0.282 e. The number of aromatic amines is 1. The number of nitrogens with one attached hydrogen (secondary N) is 1. The summed E-state index contributed by atoms with van der Waals surface area (Å²) in [6, 6.07) is 12.9. The molecule has 5 heteroatoms. The third-order valence-corrected chi connectivity index (χ3v) is 4.45. The fourth-order valence-corrected chi connectivity index (χ4v) is 2.90. The second-order valence-electron chi connectivity index (χ2n) is 4.88. The van der Waals surface area contributed by atoms with Crippen molar-refractivity contribution in [2.75, 3.05) is 6.26 Å². The van der Waals surface area contributed by atoms with Gasteiger partial charge in [0.15, 0.2) is 9.84 Å². The molecule has 1 aromatic heterocycles. The Kier molecular flexibility index (Phi) is 2.87. The standard InChI is InChI=1S/C15H14N2O2S/c1-10-14-7-6-12(9-15(14)17-16-10)11-4-3-5-13(8-11)20(2,18)19/h3-9H,1-2H3,(H,16,17). The number of hydrogen-bond donors (Lipinski definition) is 1. The number of aryl methyl sites for hydroxylation is 1. The molecule has 1 N–H and O–H groups in total. The predicted octanol–water partition coefficient (Wildman–Crippen LogP) is 2.94. The van der Waals surface area contributed by atoms with Gasteiger partial charge in [-0.25, -0.2) is 8.42 Å². The summed E-state index contributed by atoms with van der Waals surface area (Å²) < 4.78 is 23.2. The smallest absolute Gasteiger partial charge is 0.175 e. The highest BCUT2D eigenvalue weighted by Crippen LogP contribution is 2.26. The average molecular weight is 286 g/mol. The molecule has 0 bridgehead atoms. The fraction of sp³-hybridized carbons (Fsp3) is 0.133. The van der Waals surface area contributed by atoms with Crippen LogP contribution in [-0.2, 0) is 9.84 Å². The largest absolute Gasteiger partial charge is 0.282 e. The van der Waals surface area contributed by atoms with Gasteiger partial charge in [-0.05, 0) is 36.2 Å². The highest BCUT2D eigenvalue weighted by atomic mass is 32.2. The van der Waals surface area contributed by atoms with Crippen LogP contribution in [0.25, 0.3) is 22.0 Å². The molecule has 0 atom stereocenters. The molecule has 0 aliphatic heterocycles. The molecule has 0 saturated heterocycles. The Labute approximate surface area is 117 Å². The van der Waals surface area contributed by atoms with E-state index in [-0.39, 0.29) is 0 Å². The van der Waals surface area contributed by atoms with Gasteiger partial charge in [0.05, 0.1) is 10.4 Å². The van der Waals surface area contributed by atoms with Crippen LogP contribution in [0, 0.1) is 6.92 Å². The molecule has 20 heavy (non-hydrogen) atoms. The Bertz CT molecular complexity index is 895. The SMILES string of the molecule is Cc1[nH]nc2cc(-c3cccc(S(C)(=O)=O)c3)ccc12. The van der Waals surface area contributed by atoms with Crippen LogP contribution in [0.4, 0.5) is 0 Å². The first-order valence-corrected chi connectivity index (χ1v) is 8.09. The first-order chi connectivity index (χ1) is 9.45. The molecule has 0 unspecified atom stereocenters. The minimum absolute atomic E-state index is 0.327. The van der Waals surface area contributed by atoms with Gasteiger partial charge >= 0.3 is 0 Å². The van der Waals surface area contributed by atoms with Crippen molar-refractivity contribution < 1.29 is 8.42 Å². The van der Waals surface area contributed by atoms with E-state index in [1.54, 1.807) is 18.2 Å². The highest BCUT2D eigenvalue weighted by Gasteiger charge is 2.09. The van der Waals surface area contributed by atoms with E-state index in [4.69, 9.17) is 0 Å². The maximum atomic E-state index is 11.6. The minimum atomic E-state index is -3.19. The maximum absolute atomic E-state index is 11.6. The van der Waals surface area contributed by atoms with Crippen LogP contribution in [0.3, 0.4) is 0 Å². The monoisotopic (exact) mass is 286 g/mol. The van der Waals surface area contributed by atoms with Gasteiger partial charge in [-0.15, -0.1) is 0 Å². The van der Waals surface area contributed by atoms with Crippen LogP contribution in [0.2, 0.25) is 0 Å². The van der Waals surface area contributed by atoms with Crippen molar-refractivity contribution in [3.63, 3.8) is 0 Å². The van der Waals surface area contributed by atoms with E-state index < -0.39 is 9.84 Å². The summed E-state index contributed by atoms with van der Waals surface area (Å²) in [7, 11) is -3.19. The molecule has 3 aromatic rings. The van der Waals surface area contributed by atoms with Crippen LogP contribution >= 0.6 is 0 Å². The Morgan fingerprint density at radius 1 is 1.05 bits per heavy atom. The van der Waals surface area contributed by atoms with Gasteiger partial charge in [-0.3, -0.25) is 5.10 Å². The second-order valence-corrected chi connectivity index (χ2v) is 6.90. The number of H-pyrrole nitrogens is 1. The van der Waals surface area contributed by atoms with E-state index in [1.807, 2.05) is 31.2 Å². The van der Waals surface area contributed by atoms with Gasteiger partial charge < -0.3 is 0 Å². The van der Waals surface area contributed by atoms with Crippen molar-refractivity contribution in [3.8, 4) is 11.1 Å². The third kappa shape index (κ3) is 2.20. The van der Waals surface area contributed by atoms with Crippen LogP contribution < -0.4 is 0 Å². The highest BCUT2D eigenvalue weighted by molar-refractivity contribution is 7.90. The van der Waals surface area contributed by atoms with Crippen molar-refractivity contribution in [3.05, 3.63) is 48.2 Å². The Morgan fingerprint density at radius 3 is 2.55 bits per heavy atom. The summed E-state index contributed by atoms with van der Waals surface area (Å²) in [6.45, 7) is 1.97. The summed E-state index contributed by atoms with van der Waals surface area (Å²) in [5, 5.41) is 8.25. The molecule has 102 valence electrons. The van der Waals surface area contributed by atoms with E-state index in [0.717, 1.165) is 27.7 Å². The maximum Gasteiger partial charge on any atom is 0.175 e. The molecule has 0 amide bonds. The number of benzene rings is 2. The van der Waals surface area contributed by atoms with Gasteiger partial charge in [0.25, 0.3) is 0 Å². The zero-order valence-electron chi connectivity index (χ0n) is 11.2. The number of rotatable bonds is 2. The van der Waals surface area contributed by atoms with Gasteiger partial charge in [0.2, 0.25) is 0 Å². The van der Waals surface area contributed by atoms with E-state index in [1.165, 1.54) is 6.26 Å². The summed E-state index contributed by atoms with van der Waals surface area (Å²) in [5.41, 5.74) is 3.73. The molecule has 0 fully saturated rings. The lowest BCUT2D eigenvalue weighted by atomic mass is 10.0. The molecule has 3 rings (SSSR count). The fourth-order valence-electron chi connectivity index (χ4n) is 2.23. The Hall–Kier alpha value is -2.14. The molecule has 0 radical (unpaired) electrons. The second kappa shape index (κ2) is 4.45. The summed E-state index contributed by atoms with van der Waals surface area (Å²) in [5.74, 6) is 0. The summed E-state index contributed by atoms with van der Waals surface area (Å²) in [4.78, 5) is 0.327. The zero-order chi connectivity index (χ0) is 14.3. The Morgan fingerprint density at radius 2 is 1.80 bits per heavy atom. The van der Waals surface area contributed by atoms with Crippen LogP contribution in [-0.4, -0.2) is 24.9 Å². The first-order valence-electron chi connectivity index (χ1n) is 6.20. The molecule has 0 aliphatic carbocycles. The van der Waals surface area contributed by atoms with Crippen molar-refractivity contribution in [1.82, 2.24) is 10.2 Å². The quantitative estimate of drug-likeness (QED) is 0.787. The Balaban J connectivity index is 2.15. The normalized spacial score (nSPS) is 11.9. The van der Waals surface area contributed by atoms with Crippen molar-refractivity contribution in [2.45, 2.75) is 11.8 Å². The van der Waals surface area contributed by atoms with Gasteiger partial charge in [-0.2, -0.15) is 5.10 Å². The van der Waals surface area contributed by atoms with Crippen LogP contribution in [0.5, 0.6) is 0 Å². The molecule has 0 spiro atoms. The topological polar surface area (TPSA) is 62.8 Å². The molecule has 4 nitrogen and oxygen atoms in total. The lowest BCUT2D eigenvalue weighted by Crippen LogP contribution is -1.96. The predicted molar refractivity (Wildman–Crippen MR) is 79.4 cm³/mol. The molecule has 0 aliphatic rings. The van der Waals surface area contributed by atoms with E-state index in [2.05, 4.69) is 10.2 Å². The van der Waals surface area contributed by atoms with Crippen molar-refractivity contribution in [1.29, 1.82) is 0 Å². The average Bonchev–Trinajstić information content (AvgIpc) is 2.79. The molecule has 1 heterocycles. The van der Waals surface area contributed by atoms with Gasteiger partial charge in [0.1, 0.15) is 0 Å². The number of sulfone groups is 1. The summed E-state index contributed by atoms with van der Waals surface area (Å²) >= 11 is 0. The number of hydrogen-bond acceptors (Lipinski definition) is 3. The molecule has 0 saturated carbocycles. The van der Waals surface area contributed by atoms with E-state index in [9.17, 15) is 8.42 Å². The van der Waals surface area contributed by atoms with E-state index in [0.29, 0.717) is 4.90 Å².